The molecule has 0 saturated carbocycles. The molecule has 5 heteroatoms. The van der Waals surface area contributed by atoms with Crippen LogP contribution < -0.4 is 9.64 Å². The fourth-order valence-corrected chi connectivity index (χ4v) is 3.88. The zero-order chi connectivity index (χ0) is 19.7. The number of hydrogen-bond donors (Lipinski definition) is 0. The van der Waals surface area contributed by atoms with Crippen molar-refractivity contribution in [1.82, 2.24) is 0 Å². The van der Waals surface area contributed by atoms with Crippen LogP contribution in [0.4, 0.5) is 5.69 Å². The number of ether oxygens (including phenoxy) is 2. The summed E-state index contributed by atoms with van der Waals surface area (Å²) in [5.41, 5.74) is 4.14. The number of carbonyl (C=O) groups is 2. The summed E-state index contributed by atoms with van der Waals surface area (Å²) in [6, 6.07) is 15.5. The first-order valence-corrected chi connectivity index (χ1v) is 9.67. The molecule has 1 amide bonds. The highest BCUT2D eigenvalue weighted by atomic mass is 16.5. The Bertz CT molecular complexity index is 928. The molecule has 0 unspecified atom stereocenters. The van der Waals surface area contributed by atoms with Gasteiger partial charge in [0.25, 0.3) is 0 Å². The second-order valence-corrected chi connectivity index (χ2v) is 6.94. The minimum Gasteiger partial charge on any atom is -0.494 e. The number of anilines is 1. The number of nitrogens with zero attached hydrogens (tertiary/aromatic N) is 1. The van der Waals surface area contributed by atoms with Gasteiger partial charge in [-0.1, -0.05) is 31.2 Å². The molecule has 2 heterocycles. The number of hydrogen-bond acceptors (Lipinski definition) is 4. The molecule has 2 aliphatic heterocycles. The summed E-state index contributed by atoms with van der Waals surface area (Å²) in [4.78, 5) is 27.2. The third-order valence-electron chi connectivity index (χ3n) is 5.31. The van der Waals surface area contributed by atoms with Gasteiger partial charge in [-0.25, -0.2) is 4.79 Å². The van der Waals surface area contributed by atoms with E-state index in [-0.39, 0.29) is 30.8 Å². The molecule has 0 aromatic heterocycles. The Hall–Kier alpha value is -3.08. The summed E-state index contributed by atoms with van der Waals surface area (Å²) >= 11 is 0. The minimum absolute atomic E-state index is 0.0276. The van der Waals surface area contributed by atoms with Gasteiger partial charge in [0.05, 0.1) is 17.9 Å². The van der Waals surface area contributed by atoms with Gasteiger partial charge in [0.15, 0.2) is 0 Å². The van der Waals surface area contributed by atoms with Gasteiger partial charge in [0.2, 0.25) is 5.91 Å². The van der Waals surface area contributed by atoms with Crippen LogP contribution in [0.3, 0.4) is 0 Å². The van der Waals surface area contributed by atoms with Crippen LogP contribution in [-0.2, 0) is 20.7 Å². The maximum atomic E-state index is 13.1. The van der Waals surface area contributed by atoms with Crippen molar-refractivity contribution in [2.75, 3.05) is 18.1 Å². The molecule has 0 N–H and O–H groups in total. The smallest absolute Gasteiger partial charge is 0.336 e. The summed E-state index contributed by atoms with van der Waals surface area (Å²) in [6.45, 7) is 4.74. The molecule has 2 aliphatic rings. The highest BCUT2D eigenvalue weighted by molar-refractivity contribution is 6.06. The molecule has 1 atom stereocenters. The Morgan fingerprint density at radius 3 is 2.39 bits per heavy atom. The molecule has 0 bridgehead atoms. The average molecular weight is 377 g/mol. The number of benzene rings is 2. The number of carbonyl (C=O) groups excluding carboxylic acids is 2. The van der Waals surface area contributed by atoms with E-state index in [1.54, 1.807) is 4.90 Å². The second kappa shape index (κ2) is 7.50. The van der Waals surface area contributed by atoms with Crippen LogP contribution in [0.1, 0.15) is 37.3 Å². The molecule has 0 saturated heterocycles. The fourth-order valence-electron chi connectivity index (χ4n) is 3.88. The van der Waals surface area contributed by atoms with E-state index in [2.05, 4.69) is 6.92 Å². The van der Waals surface area contributed by atoms with Crippen LogP contribution in [0, 0.1) is 0 Å². The van der Waals surface area contributed by atoms with E-state index in [1.165, 1.54) is 5.56 Å². The fraction of sp³-hybridized carbons (Fsp3) is 0.304. The molecule has 0 spiro atoms. The molecular weight excluding hydrogens is 354 g/mol. The van der Waals surface area contributed by atoms with Crippen molar-refractivity contribution in [1.29, 1.82) is 0 Å². The monoisotopic (exact) mass is 377 g/mol. The highest BCUT2D eigenvalue weighted by Gasteiger charge is 2.42. The Morgan fingerprint density at radius 1 is 1.04 bits per heavy atom. The molecular formula is C23H23NO4. The van der Waals surface area contributed by atoms with Crippen LogP contribution in [0.15, 0.2) is 59.8 Å². The quantitative estimate of drug-likeness (QED) is 0.740. The van der Waals surface area contributed by atoms with E-state index < -0.39 is 0 Å². The van der Waals surface area contributed by atoms with E-state index in [0.717, 1.165) is 23.4 Å². The first-order chi connectivity index (χ1) is 13.6. The van der Waals surface area contributed by atoms with Gasteiger partial charge in [0, 0.05) is 18.0 Å². The van der Waals surface area contributed by atoms with Crippen molar-refractivity contribution in [3.63, 3.8) is 0 Å². The van der Waals surface area contributed by atoms with E-state index in [4.69, 9.17) is 9.47 Å². The lowest BCUT2D eigenvalue weighted by atomic mass is 9.84. The van der Waals surface area contributed by atoms with Crippen LogP contribution in [0.5, 0.6) is 5.75 Å². The van der Waals surface area contributed by atoms with E-state index in [1.807, 2.05) is 55.5 Å². The Morgan fingerprint density at radius 2 is 1.75 bits per heavy atom. The first-order valence-electron chi connectivity index (χ1n) is 9.67. The zero-order valence-corrected chi connectivity index (χ0v) is 16.1. The highest BCUT2D eigenvalue weighted by Crippen LogP contribution is 2.42. The minimum atomic E-state index is -0.337. The Kier molecular flexibility index (Phi) is 4.90. The lowest BCUT2D eigenvalue weighted by molar-refractivity contribution is -0.136. The maximum Gasteiger partial charge on any atom is 0.336 e. The first kappa shape index (κ1) is 18.3. The zero-order valence-electron chi connectivity index (χ0n) is 16.1. The van der Waals surface area contributed by atoms with Gasteiger partial charge in [-0.05, 0) is 48.7 Å². The summed E-state index contributed by atoms with van der Waals surface area (Å²) < 4.78 is 10.8. The predicted octanol–water partition coefficient (Wildman–Crippen LogP) is 3.98. The summed E-state index contributed by atoms with van der Waals surface area (Å²) in [7, 11) is 0. The third kappa shape index (κ3) is 3.17. The molecule has 5 nitrogen and oxygen atoms in total. The average Bonchev–Trinajstić information content (AvgIpc) is 3.10. The van der Waals surface area contributed by atoms with E-state index in [0.29, 0.717) is 17.9 Å². The van der Waals surface area contributed by atoms with Crippen molar-refractivity contribution in [2.45, 2.75) is 32.6 Å². The van der Waals surface area contributed by atoms with Crippen LogP contribution in [-0.4, -0.2) is 25.1 Å². The number of aryl methyl sites for hydroxylation is 1. The molecule has 4 rings (SSSR count). The van der Waals surface area contributed by atoms with Gasteiger partial charge in [-0.3, -0.25) is 9.69 Å². The maximum absolute atomic E-state index is 13.1. The summed E-state index contributed by atoms with van der Waals surface area (Å²) in [5.74, 6) is 0.116. The second-order valence-electron chi connectivity index (χ2n) is 6.94. The van der Waals surface area contributed by atoms with Crippen molar-refractivity contribution >= 4 is 17.6 Å². The predicted molar refractivity (Wildman–Crippen MR) is 106 cm³/mol. The van der Waals surface area contributed by atoms with E-state index in [9.17, 15) is 9.59 Å². The number of cyclic esters (lactones) is 1. The topological polar surface area (TPSA) is 55.8 Å². The van der Waals surface area contributed by atoms with E-state index >= 15 is 0 Å². The molecule has 28 heavy (non-hydrogen) atoms. The summed E-state index contributed by atoms with van der Waals surface area (Å²) in [5, 5.41) is 0. The van der Waals surface area contributed by atoms with Gasteiger partial charge in [0.1, 0.15) is 12.4 Å². The van der Waals surface area contributed by atoms with Crippen LogP contribution >= 0.6 is 0 Å². The molecule has 0 aliphatic carbocycles. The SMILES string of the molecule is CCOc1ccc([C@H]2CC(=O)N(c3ccc(CC)cc3)C3=C2C(=O)OC3)cc1. The number of amides is 1. The lowest BCUT2D eigenvalue weighted by Gasteiger charge is -2.32. The van der Waals surface area contributed by atoms with Crippen molar-refractivity contribution in [3.8, 4) is 5.75 Å². The van der Waals surface area contributed by atoms with Crippen molar-refractivity contribution in [2.24, 2.45) is 0 Å². The van der Waals surface area contributed by atoms with Gasteiger partial charge in [-0.15, -0.1) is 0 Å². The Balaban J connectivity index is 1.72. The molecule has 144 valence electrons. The number of rotatable bonds is 5. The molecule has 2 aromatic rings. The van der Waals surface area contributed by atoms with Crippen molar-refractivity contribution in [3.05, 3.63) is 70.9 Å². The Labute approximate surface area is 164 Å². The molecule has 0 radical (unpaired) electrons. The van der Waals surface area contributed by atoms with Crippen LogP contribution in [0.25, 0.3) is 0 Å². The largest absolute Gasteiger partial charge is 0.494 e. The van der Waals surface area contributed by atoms with Crippen LogP contribution in [0.2, 0.25) is 0 Å². The number of esters is 1. The lowest BCUT2D eigenvalue weighted by Crippen LogP contribution is -2.37. The summed E-state index contributed by atoms with van der Waals surface area (Å²) in [6.07, 6.45) is 1.17. The molecule has 2 aromatic carbocycles. The third-order valence-corrected chi connectivity index (χ3v) is 5.31. The van der Waals surface area contributed by atoms with Gasteiger partial charge in [-0.2, -0.15) is 0 Å². The molecule has 0 fully saturated rings. The standard InChI is InChI=1S/C23H23NO4/c1-3-15-5-9-17(10-6-15)24-20-14-28-23(26)22(20)19(13-21(24)25)16-7-11-18(12-8-16)27-4-2/h5-12,19H,3-4,13-14H2,1-2H3/t19-/m1/s1. The van der Waals surface area contributed by atoms with Crippen molar-refractivity contribution < 1.29 is 19.1 Å². The van der Waals surface area contributed by atoms with Gasteiger partial charge < -0.3 is 9.47 Å². The van der Waals surface area contributed by atoms with Gasteiger partial charge >= 0.3 is 5.97 Å². The normalized spacial score (nSPS) is 18.9.